The van der Waals surface area contributed by atoms with E-state index >= 15 is 0 Å². The fourth-order valence-electron chi connectivity index (χ4n) is 4.21. The first-order chi connectivity index (χ1) is 15.2. The number of carbonyl (C=O) groups is 1. The molecule has 170 valence electrons. The van der Waals surface area contributed by atoms with E-state index in [0.29, 0.717) is 13.1 Å². The van der Waals surface area contributed by atoms with Gasteiger partial charge in [-0.25, -0.2) is 14.2 Å². The Morgan fingerprint density at radius 3 is 2.75 bits per heavy atom. The number of nitrogens with zero attached hydrogens (tertiary/aromatic N) is 4. The number of para-hydroxylation sites is 2. The topological polar surface area (TPSA) is 50.6 Å². The summed E-state index contributed by atoms with van der Waals surface area (Å²) in [4.78, 5) is 21.5. The molecule has 0 spiro atoms. The molecular weight excluding hydrogens is 407 g/mol. The maximum Gasteiger partial charge on any atom is 0.410 e. The molecule has 1 amide bonds. The predicted molar refractivity (Wildman–Crippen MR) is 124 cm³/mol. The minimum atomic E-state index is -0.529. The summed E-state index contributed by atoms with van der Waals surface area (Å²) in [6, 6.07) is 14.7. The van der Waals surface area contributed by atoms with E-state index in [-0.39, 0.29) is 18.0 Å². The lowest BCUT2D eigenvalue weighted by molar-refractivity contribution is 0.0209. The third-order valence-electron chi connectivity index (χ3n) is 5.77. The van der Waals surface area contributed by atoms with Crippen molar-refractivity contribution >= 4 is 23.1 Å². The number of amides is 1. The van der Waals surface area contributed by atoms with Crippen molar-refractivity contribution in [1.82, 2.24) is 14.5 Å². The van der Waals surface area contributed by atoms with Crippen LogP contribution in [-0.4, -0.2) is 52.3 Å². The number of halogens is 1. The maximum atomic E-state index is 13.8. The van der Waals surface area contributed by atoms with Crippen LogP contribution in [0.5, 0.6) is 0 Å². The van der Waals surface area contributed by atoms with E-state index < -0.39 is 5.60 Å². The molecule has 1 aliphatic rings. The largest absolute Gasteiger partial charge is 0.444 e. The third kappa shape index (κ3) is 4.87. The van der Waals surface area contributed by atoms with Crippen LogP contribution in [0.25, 0.3) is 11.0 Å². The number of hydrogen-bond donors (Lipinski definition) is 0. The molecule has 1 aliphatic heterocycles. The van der Waals surface area contributed by atoms with Crippen LogP contribution in [0.3, 0.4) is 0 Å². The van der Waals surface area contributed by atoms with Crippen LogP contribution in [0.1, 0.15) is 39.2 Å². The van der Waals surface area contributed by atoms with E-state index in [1.54, 1.807) is 24.1 Å². The Balaban J connectivity index is 1.62. The van der Waals surface area contributed by atoms with Crippen LogP contribution in [-0.2, 0) is 11.3 Å². The summed E-state index contributed by atoms with van der Waals surface area (Å²) < 4.78 is 21.5. The number of piperidine rings is 1. The van der Waals surface area contributed by atoms with Crippen molar-refractivity contribution in [2.75, 3.05) is 25.0 Å². The van der Waals surface area contributed by atoms with Crippen molar-refractivity contribution in [2.45, 2.75) is 51.8 Å². The number of imidazole rings is 1. The Kier molecular flexibility index (Phi) is 6.09. The molecule has 0 bridgehead atoms. The highest BCUT2D eigenvalue weighted by molar-refractivity contribution is 5.79. The lowest BCUT2D eigenvalue weighted by Gasteiger charge is -2.38. The average Bonchev–Trinajstić information content (AvgIpc) is 3.10. The molecule has 1 saturated heterocycles. The van der Waals surface area contributed by atoms with Crippen molar-refractivity contribution in [1.29, 1.82) is 0 Å². The van der Waals surface area contributed by atoms with Crippen molar-refractivity contribution in [3.63, 3.8) is 0 Å². The fourth-order valence-corrected chi connectivity index (χ4v) is 4.21. The van der Waals surface area contributed by atoms with Gasteiger partial charge in [0.15, 0.2) is 0 Å². The van der Waals surface area contributed by atoms with E-state index in [1.807, 2.05) is 51.1 Å². The predicted octanol–water partition coefficient (Wildman–Crippen LogP) is 5.06. The zero-order valence-electron chi connectivity index (χ0n) is 19.2. The number of rotatable bonds is 4. The van der Waals surface area contributed by atoms with Crippen molar-refractivity contribution in [3.05, 3.63) is 59.9 Å². The smallest absolute Gasteiger partial charge is 0.410 e. The van der Waals surface area contributed by atoms with Crippen LogP contribution in [0, 0.1) is 5.82 Å². The van der Waals surface area contributed by atoms with Crippen LogP contribution in [0.2, 0.25) is 0 Å². The summed E-state index contributed by atoms with van der Waals surface area (Å²) in [5.74, 6) is 0.600. The molecular formula is C25H31FN4O2. The van der Waals surface area contributed by atoms with Gasteiger partial charge < -0.3 is 19.1 Å². The van der Waals surface area contributed by atoms with Crippen molar-refractivity contribution in [2.24, 2.45) is 0 Å². The molecule has 6 nitrogen and oxygen atoms in total. The molecule has 3 aromatic rings. The molecule has 32 heavy (non-hydrogen) atoms. The summed E-state index contributed by atoms with van der Waals surface area (Å²) in [5.41, 5.74) is 2.27. The second kappa shape index (κ2) is 8.81. The zero-order valence-corrected chi connectivity index (χ0v) is 19.2. The normalized spacial score (nSPS) is 16.9. The van der Waals surface area contributed by atoms with Gasteiger partial charge in [0, 0.05) is 20.1 Å². The molecule has 4 rings (SSSR count). The quantitative estimate of drug-likeness (QED) is 0.571. The summed E-state index contributed by atoms with van der Waals surface area (Å²) in [6.07, 6.45) is 1.55. The van der Waals surface area contributed by atoms with Crippen LogP contribution < -0.4 is 4.90 Å². The molecule has 0 radical (unpaired) electrons. The Morgan fingerprint density at radius 1 is 1.22 bits per heavy atom. The molecule has 1 fully saturated rings. The van der Waals surface area contributed by atoms with E-state index in [9.17, 15) is 9.18 Å². The summed E-state index contributed by atoms with van der Waals surface area (Å²) >= 11 is 0. The van der Waals surface area contributed by atoms with Crippen molar-refractivity contribution < 1.29 is 13.9 Å². The van der Waals surface area contributed by atoms with Gasteiger partial charge >= 0.3 is 6.09 Å². The number of fused-ring (bicyclic) bond motifs is 1. The zero-order chi connectivity index (χ0) is 22.9. The van der Waals surface area contributed by atoms with Gasteiger partial charge in [-0.3, -0.25) is 0 Å². The lowest BCUT2D eigenvalue weighted by atomic mass is 10.1. The van der Waals surface area contributed by atoms with Crippen LogP contribution in [0.15, 0.2) is 48.5 Å². The van der Waals surface area contributed by atoms with Crippen LogP contribution in [0.4, 0.5) is 15.1 Å². The Bertz CT molecular complexity index is 1100. The highest BCUT2D eigenvalue weighted by Gasteiger charge is 2.31. The third-order valence-corrected chi connectivity index (χ3v) is 5.77. The minimum absolute atomic E-state index is 0.0287. The average molecular weight is 439 g/mol. The highest BCUT2D eigenvalue weighted by Crippen LogP contribution is 2.28. The standard InChI is InChI=1S/C25H31FN4O2/c1-25(2,3)32-24(31)28(4)20-11-8-14-29(17-20)23-27-21-12-5-6-13-22(21)30(23)16-18-9-7-10-19(26)15-18/h5-7,9-10,12-13,15,20H,8,11,14,16-17H2,1-4H3/t20-/m1/s1. The number of hydrogen-bond acceptors (Lipinski definition) is 4. The van der Waals surface area contributed by atoms with Gasteiger partial charge in [0.1, 0.15) is 11.4 Å². The summed E-state index contributed by atoms with van der Waals surface area (Å²) in [7, 11) is 1.80. The first kappa shape index (κ1) is 22.1. The lowest BCUT2D eigenvalue weighted by Crippen LogP contribution is -2.50. The van der Waals surface area contributed by atoms with Gasteiger partial charge in [0.2, 0.25) is 5.95 Å². The van der Waals surface area contributed by atoms with Gasteiger partial charge in [0.05, 0.1) is 23.6 Å². The molecule has 7 heteroatoms. The Hall–Kier alpha value is -3.09. The minimum Gasteiger partial charge on any atom is -0.444 e. The number of likely N-dealkylation sites (N-methyl/N-ethyl adjacent to an activating group) is 1. The number of ether oxygens (including phenoxy) is 1. The molecule has 2 aromatic carbocycles. The molecule has 0 aliphatic carbocycles. The van der Waals surface area contributed by atoms with E-state index in [0.717, 1.165) is 41.9 Å². The first-order valence-electron chi connectivity index (χ1n) is 11.1. The van der Waals surface area contributed by atoms with E-state index in [1.165, 1.54) is 6.07 Å². The molecule has 2 heterocycles. The second-order valence-corrected chi connectivity index (χ2v) is 9.45. The number of benzene rings is 2. The fraction of sp³-hybridized carbons (Fsp3) is 0.440. The molecule has 0 saturated carbocycles. The highest BCUT2D eigenvalue weighted by atomic mass is 19.1. The molecule has 0 N–H and O–H groups in total. The van der Waals surface area contributed by atoms with Gasteiger partial charge in [-0.1, -0.05) is 24.3 Å². The maximum absolute atomic E-state index is 13.8. The molecule has 1 aromatic heterocycles. The van der Waals surface area contributed by atoms with Gasteiger partial charge in [-0.05, 0) is 63.4 Å². The molecule has 1 atom stereocenters. The second-order valence-electron chi connectivity index (χ2n) is 9.45. The van der Waals surface area contributed by atoms with E-state index in [2.05, 4.69) is 9.47 Å². The van der Waals surface area contributed by atoms with Gasteiger partial charge in [-0.2, -0.15) is 0 Å². The monoisotopic (exact) mass is 438 g/mol. The number of anilines is 1. The van der Waals surface area contributed by atoms with Gasteiger partial charge in [-0.15, -0.1) is 0 Å². The summed E-state index contributed by atoms with van der Waals surface area (Å²) in [6.45, 7) is 7.67. The van der Waals surface area contributed by atoms with Crippen molar-refractivity contribution in [3.8, 4) is 0 Å². The Morgan fingerprint density at radius 2 is 2.00 bits per heavy atom. The molecule has 0 unspecified atom stereocenters. The SMILES string of the molecule is CN(C(=O)OC(C)(C)C)[C@@H]1CCCN(c2nc3ccccc3n2Cc2cccc(F)c2)C1. The van der Waals surface area contributed by atoms with Gasteiger partial charge in [0.25, 0.3) is 0 Å². The summed E-state index contributed by atoms with van der Waals surface area (Å²) in [5, 5.41) is 0. The Labute approximate surface area is 188 Å². The first-order valence-corrected chi connectivity index (χ1v) is 11.1. The number of carbonyl (C=O) groups excluding carboxylic acids is 1. The number of aromatic nitrogens is 2. The van der Waals surface area contributed by atoms with Crippen LogP contribution >= 0.6 is 0 Å². The van der Waals surface area contributed by atoms with E-state index in [4.69, 9.17) is 9.72 Å².